The second kappa shape index (κ2) is 9.51. The highest BCUT2D eigenvalue weighted by atomic mass is 35.5. The smallest absolute Gasteiger partial charge is 0.320 e. The van der Waals surface area contributed by atoms with Crippen molar-refractivity contribution < 1.29 is 27.2 Å². The molecule has 1 unspecified atom stereocenters. The summed E-state index contributed by atoms with van der Waals surface area (Å²) in [5, 5.41) is 8.26. The third kappa shape index (κ3) is 5.03. The standard InChI is InChI=1S/C21H25ClFN5O5S/c1-3-34(31,32)9-7-14-11-28-19(20(29)26(2)33-14)15-12-27(8-6-18(15)25-28)21(30)24-13-4-5-17(23)16(22)10-13/h4-5,10,14H,3,6-9,11-12H2,1-2H3,(H,24,30). The van der Waals surface area contributed by atoms with Crippen LogP contribution in [0.25, 0.3) is 0 Å². The van der Waals surface area contributed by atoms with Crippen molar-refractivity contribution in [2.24, 2.45) is 0 Å². The van der Waals surface area contributed by atoms with Crippen molar-refractivity contribution in [3.63, 3.8) is 0 Å². The maximum absolute atomic E-state index is 13.4. The summed E-state index contributed by atoms with van der Waals surface area (Å²) in [6, 6.07) is 3.49. The first-order valence-electron chi connectivity index (χ1n) is 10.8. The van der Waals surface area contributed by atoms with E-state index in [0.717, 1.165) is 5.06 Å². The van der Waals surface area contributed by atoms with Crippen LogP contribution >= 0.6 is 11.6 Å². The summed E-state index contributed by atoms with van der Waals surface area (Å²) in [5.41, 5.74) is 2.01. The van der Waals surface area contributed by atoms with E-state index >= 15 is 0 Å². The average molecular weight is 514 g/mol. The lowest BCUT2D eigenvalue weighted by atomic mass is 10.1. The van der Waals surface area contributed by atoms with E-state index < -0.39 is 33.7 Å². The van der Waals surface area contributed by atoms with E-state index in [1.807, 2.05) is 0 Å². The lowest BCUT2D eigenvalue weighted by Crippen LogP contribution is -2.39. The Hall–Kier alpha value is -2.70. The lowest BCUT2D eigenvalue weighted by Gasteiger charge is -2.27. The highest BCUT2D eigenvalue weighted by Crippen LogP contribution is 2.27. The van der Waals surface area contributed by atoms with Crippen molar-refractivity contribution in [2.45, 2.75) is 39.0 Å². The van der Waals surface area contributed by atoms with Crippen LogP contribution in [0, 0.1) is 5.82 Å². The number of benzene rings is 1. The molecule has 1 aromatic heterocycles. The van der Waals surface area contributed by atoms with Gasteiger partial charge in [0.2, 0.25) is 0 Å². The summed E-state index contributed by atoms with van der Waals surface area (Å²) in [7, 11) is -1.71. The molecule has 34 heavy (non-hydrogen) atoms. The number of fused-ring (bicyclic) bond motifs is 3. The Kier molecular flexibility index (Phi) is 6.83. The van der Waals surface area contributed by atoms with E-state index in [0.29, 0.717) is 35.6 Å². The van der Waals surface area contributed by atoms with Crippen molar-refractivity contribution >= 4 is 39.1 Å². The zero-order valence-corrected chi connectivity index (χ0v) is 20.3. The predicted molar refractivity (Wildman–Crippen MR) is 123 cm³/mol. The molecular formula is C21H25ClFN5O5S. The zero-order valence-electron chi connectivity index (χ0n) is 18.8. The van der Waals surface area contributed by atoms with Crippen molar-refractivity contribution in [1.82, 2.24) is 19.7 Å². The van der Waals surface area contributed by atoms with Gasteiger partial charge in [-0.3, -0.25) is 14.3 Å². The molecule has 13 heteroatoms. The summed E-state index contributed by atoms with van der Waals surface area (Å²) in [6.07, 6.45) is 0.132. The van der Waals surface area contributed by atoms with E-state index in [2.05, 4.69) is 10.4 Å². The number of nitrogens with one attached hydrogen (secondary N) is 1. The number of hydroxylamine groups is 2. The molecule has 0 radical (unpaired) electrons. The largest absolute Gasteiger partial charge is 0.322 e. The molecule has 0 saturated carbocycles. The van der Waals surface area contributed by atoms with Crippen molar-refractivity contribution in [3.8, 4) is 0 Å². The molecule has 2 aromatic rings. The molecule has 1 N–H and O–H groups in total. The van der Waals surface area contributed by atoms with E-state index in [4.69, 9.17) is 16.4 Å². The molecule has 3 heterocycles. The van der Waals surface area contributed by atoms with Gasteiger partial charge in [-0.05, 0) is 24.6 Å². The zero-order chi connectivity index (χ0) is 24.6. The highest BCUT2D eigenvalue weighted by Gasteiger charge is 2.35. The Morgan fingerprint density at radius 2 is 2.15 bits per heavy atom. The lowest BCUT2D eigenvalue weighted by molar-refractivity contribution is -0.148. The summed E-state index contributed by atoms with van der Waals surface area (Å²) in [4.78, 5) is 33.1. The van der Waals surface area contributed by atoms with Crippen LogP contribution in [-0.2, 0) is 34.2 Å². The quantitative estimate of drug-likeness (QED) is 0.657. The normalized spacial score (nSPS) is 18.4. The van der Waals surface area contributed by atoms with Crippen LogP contribution in [0.2, 0.25) is 5.02 Å². The van der Waals surface area contributed by atoms with Crippen LogP contribution in [0.15, 0.2) is 18.2 Å². The summed E-state index contributed by atoms with van der Waals surface area (Å²) in [6.45, 7) is 2.34. The third-order valence-electron chi connectivity index (χ3n) is 5.92. The maximum atomic E-state index is 13.4. The van der Waals surface area contributed by atoms with Crippen molar-refractivity contribution in [3.05, 3.63) is 46.0 Å². The van der Waals surface area contributed by atoms with Gasteiger partial charge in [-0.15, -0.1) is 0 Å². The van der Waals surface area contributed by atoms with Gasteiger partial charge in [-0.1, -0.05) is 18.5 Å². The van der Waals surface area contributed by atoms with Gasteiger partial charge < -0.3 is 10.2 Å². The van der Waals surface area contributed by atoms with E-state index in [1.165, 1.54) is 30.1 Å². The van der Waals surface area contributed by atoms with Crippen LogP contribution < -0.4 is 5.32 Å². The summed E-state index contributed by atoms with van der Waals surface area (Å²) in [5.74, 6) is -1.01. The van der Waals surface area contributed by atoms with Crippen molar-refractivity contribution in [1.29, 1.82) is 0 Å². The molecule has 2 aliphatic heterocycles. The van der Waals surface area contributed by atoms with Gasteiger partial charge in [0.15, 0.2) is 0 Å². The van der Waals surface area contributed by atoms with Gasteiger partial charge >= 0.3 is 6.03 Å². The number of carbonyl (C=O) groups is 2. The molecule has 0 spiro atoms. The fourth-order valence-electron chi connectivity index (χ4n) is 3.99. The molecule has 0 bridgehead atoms. The number of anilines is 1. The molecule has 10 nitrogen and oxygen atoms in total. The fourth-order valence-corrected chi connectivity index (χ4v) is 5.09. The molecule has 0 saturated heterocycles. The first-order chi connectivity index (χ1) is 16.1. The van der Waals surface area contributed by atoms with Gasteiger partial charge in [0.1, 0.15) is 27.5 Å². The minimum absolute atomic E-state index is 0.0395. The van der Waals surface area contributed by atoms with Crippen LogP contribution in [0.3, 0.4) is 0 Å². The molecule has 2 aliphatic rings. The number of urea groups is 1. The molecule has 184 valence electrons. The van der Waals surface area contributed by atoms with Gasteiger partial charge in [-0.25, -0.2) is 22.7 Å². The molecule has 1 atom stereocenters. The third-order valence-corrected chi connectivity index (χ3v) is 7.95. The van der Waals surface area contributed by atoms with Crippen molar-refractivity contribution in [2.75, 3.05) is 30.4 Å². The summed E-state index contributed by atoms with van der Waals surface area (Å²) < 4.78 is 38.8. The second-order valence-corrected chi connectivity index (χ2v) is 11.1. The van der Waals surface area contributed by atoms with Gasteiger partial charge in [-0.2, -0.15) is 5.10 Å². The topological polar surface area (TPSA) is 114 Å². The first-order valence-corrected chi connectivity index (χ1v) is 13.0. The van der Waals surface area contributed by atoms with Gasteiger partial charge in [0, 0.05) is 37.0 Å². The molecule has 0 fully saturated rings. The molecule has 1 aromatic carbocycles. The van der Waals surface area contributed by atoms with Crippen LogP contribution in [0.5, 0.6) is 0 Å². The number of nitrogens with zero attached hydrogens (tertiary/aromatic N) is 4. The fraction of sp³-hybridized carbons (Fsp3) is 0.476. The van der Waals surface area contributed by atoms with Crippen LogP contribution in [0.4, 0.5) is 14.9 Å². The molecule has 3 amide bonds. The Balaban J connectivity index is 1.52. The monoisotopic (exact) mass is 513 g/mol. The van der Waals surface area contributed by atoms with E-state index in [-0.39, 0.29) is 36.0 Å². The Morgan fingerprint density at radius 3 is 2.85 bits per heavy atom. The molecule has 0 aliphatic carbocycles. The average Bonchev–Trinajstić information content (AvgIpc) is 3.10. The number of rotatable bonds is 5. The van der Waals surface area contributed by atoms with Crippen LogP contribution in [-0.4, -0.2) is 71.3 Å². The number of halogens is 2. The number of carbonyl (C=O) groups excluding carboxylic acids is 2. The number of hydrogen-bond acceptors (Lipinski definition) is 6. The highest BCUT2D eigenvalue weighted by molar-refractivity contribution is 7.91. The summed E-state index contributed by atoms with van der Waals surface area (Å²) >= 11 is 5.79. The van der Waals surface area contributed by atoms with Crippen LogP contribution in [0.1, 0.15) is 35.1 Å². The van der Waals surface area contributed by atoms with E-state index in [1.54, 1.807) is 11.6 Å². The predicted octanol–water partition coefficient (Wildman–Crippen LogP) is 2.48. The first kappa shape index (κ1) is 24.4. The number of hydrogen-bond donors (Lipinski definition) is 1. The maximum Gasteiger partial charge on any atom is 0.322 e. The molecular weight excluding hydrogens is 489 g/mol. The van der Waals surface area contributed by atoms with Gasteiger partial charge in [0.25, 0.3) is 5.91 Å². The van der Waals surface area contributed by atoms with E-state index in [9.17, 15) is 22.4 Å². The minimum Gasteiger partial charge on any atom is -0.320 e. The second-order valence-electron chi connectivity index (χ2n) is 8.24. The molecule has 4 rings (SSSR count). The Labute approximate surface area is 201 Å². The number of aromatic nitrogens is 2. The Morgan fingerprint density at radius 1 is 1.38 bits per heavy atom. The number of amides is 3. The van der Waals surface area contributed by atoms with Gasteiger partial charge in [0.05, 0.1) is 29.6 Å². The minimum atomic E-state index is -3.18. The SMILES string of the molecule is CCS(=O)(=O)CCC1Cn2nc3c(c2C(=O)N(C)O1)CN(C(=O)Nc1ccc(F)c(Cl)c1)CC3. The number of sulfone groups is 1. The Bertz CT molecular complexity index is 1230.